The molecule has 0 bridgehead atoms. The van der Waals surface area contributed by atoms with Gasteiger partial charge in [0.05, 0.1) is 12.5 Å². The number of nitriles is 1. The summed E-state index contributed by atoms with van der Waals surface area (Å²) in [7, 11) is 0. The predicted molar refractivity (Wildman–Crippen MR) is 110 cm³/mol. The number of fused-ring (bicyclic) bond motifs is 3. The van der Waals surface area contributed by atoms with E-state index in [9.17, 15) is 10.1 Å². The Labute approximate surface area is 173 Å². The van der Waals surface area contributed by atoms with Gasteiger partial charge in [-0.25, -0.2) is 4.79 Å². The Morgan fingerprint density at radius 1 is 1.17 bits per heavy atom. The Balaban J connectivity index is 2.06. The molecule has 0 spiro atoms. The highest BCUT2D eigenvalue weighted by molar-refractivity contribution is 6.30. The maximum Gasteiger partial charge on any atom is 0.342 e. The highest BCUT2D eigenvalue weighted by atomic mass is 35.5. The second-order valence-corrected chi connectivity index (χ2v) is 6.99. The van der Waals surface area contributed by atoms with Crippen molar-refractivity contribution in [1.29, 1.82) is 5.26 Å². The molecule has 1 aromatic rings. The van der Waals surface area contributed by atoms with Gasteiger partial charge in [0.15, 0.2) is 0 Å². The zero-order chi connectivity index (χ0) is 20.5. The first kappa shape index (κ1) is 18.9. The minimum Gasteiger partial charge on any atom is -0.462 e. The van der Waals surface area contributed by atoms with Crippen molar-refractivity contribution in [3.8, 4) is 22.9 Å². The fourth-order valence-corrected chi connectivity index (χ4v) is 3.86. The fraction of sp³-hybridized carbons (Fsp3) is 0.130. The summed E-state index contributed by atoms with van der Waals surface area (Å²) in [6.07, 6.45) is 0. The van der Waals surface area contributed by atoms with Crippen molar-refractivity contribution < 1.29 is 14.3 Å². The molecule has 2 aliphatic carbocycles. The summed E-state index contributed by atoms with van der Waals surface area (Å²) < 4.78 is 11.1. The van der Waals surface area contributed by atoms with E-state index in [-0.39, 0.29) is 18.1 Å². The van der Waals surface area contributed by atoms with Crippen molar-refractivity contribution in [2.75, 3.05) is 6.61 Å². The van der Waals surface area contributed by atoms with Gasteiger partial charge in [0.25, 0.3) is 0 Å². The molecule has 0 saturated heterocycles. The maximum absolute atomic E-state index is 12.8. The van der Waals surface area contributed by atoms with Crippen LogP contribution in [0.5, 0.6) is 5.75 Å². The first-order chi connectivity index (χ1) is 14.1. The largest absolute Gasteiger partial charge is 0.462 e. The zero-order valence-electron chi connectivity index (χ0n) is 15.6. The molecule has 3 aliphatic rings. The summed E-state index contributed by atoms with van der Waals surface area (Å²) in [6, 6.07) is 18.7. The Hall–Kier alpha value is -3.49. The van der Waals surface area contributed by atoms with Crippen LogP contribution in [0.15, 0.2) is 66.1 Å². The summed E-state index contributed by atoms with van der Waals surface area (Å²) in [6.45, 7) is 1.98. The highest BCUT2D eigenvalue weighted by Crippen LogP contribution is 2.52. The lowest BCUT2D eigenvalue weighted by Crippen LogP contribution is -2.21. The molecule has 4 rings (SSSR count). The van der Waals surface area contributed by atoms with Crippen molar-refractivity contribution in [3.05, 3.63) is 87.8 Å². The number of ether oxygens (including phenoxy) is 2. The van der Waals surface area contributed by atoms with E-state index in [0.29, 0.717) is 27.5 Å². The van der Waals surface area contributed by atoms with Crippen molar-refractivity contribution in [2.45, 2.75) is 12.8 Å². The van der Waals surface area contributed by atoms with Crippen molar-refractivity contribution in [1.82, 2.24) is 0 Å². The van der Waals surface area contributed by atoms with E-state index in [1.54, 1.807) is 19.1 Å². The second kappa shape index (κ2) is 7.50. The van der Waals surface area contributed by atoms with E-state index in [1.807, 2.05) is 42.5 Å². The molecule has 144 valence electrons. The predicted octanol–water partition coefficient (Wildman–Crippen LogP) is 4.84. The molecule has 1 atom stereocenters. The normalized spacial score (nSPS) is 15.4. The summed E-state index contributed by atoms with van der Waals surface area (Å²) in [5.74, 6) is -0.673. The van der Waals surface area contributed by atoms with Crippen molar-refractivity contribution in [2.24, 2.45) is 5.73 Å². The molecule has 2 N–H and O–H groups in total. The number of halogens is 1. The third kappa shape index (κ3) is 3.08. The molecule has 0 radical (unpaired) electrons. The molecular weight excluding hydrogens is 388 g/mol. The third-order valence-electron chi connectivity index (χ3n) is 4.93. The lowest BCUT2D eigenvalue weighted by Gasteiger charge is -2.25. The second-order valence-electron chi connectivity index (χ2n) is 6.55. The molecule has 1 heterocycles. The van der Waals surface area contributed by atoms with Gasteiger partial charge in [-0.3, -0.25) is 0 Å². The number of hydrogen-bond donors (Lipinski definition) is 1. The standard InChI is InChI=1S/C23H17ClN2O3/c1-2-28-23(27)20-16-7-5-3-4-6-15(16)19-18(13-8-10-14(24)11-9-13)17(12-25)22(26)29-21(19)20/h3-11,18H,2,26H2,1H3. The first-order valence-corrected chi connectivity index (χ1v) is 9.49. The molecule has 29 heavy (non-hydrogen) atoms. The lowest BCUT2D eigenvalue weighted by atomic mass is 9.83. The molecule has 5 nitrogen and oxygen atoms in total. The summed E-state index contributed by atoms with van der Waals surface area (Å²) in [4.78, 5) is 12.8. The third-order valence-corrected chi connectivity index (χ3v) is 5.18. The number of nitrogens with two attached hydrogens (primary N) is 1. The molecule has 0 saturated carbocycles. The topological polar surface area (TPSA) is 85.3 Å². The van der Waals surface area contributed by atoms with E-state index in [2.05, 4.69) is 6.07 Å². The SMILES string of the molecule is CCOC(=O)c1c2cccccc-2c2c1OC(N)=C(C#N)C2c1ccc(Cl)cc1. The van der Waals surface area contributed by atoms with E-state index in [0.717, 1.165) is 11.1 Å². The quantitative estimate of drug-likeness (QED) is 0.631. The van der Waals surface area contributed by atoms with Crippen LogP contribution in [0.3, 0.4) is 0 Å². The van der Waals surface area contributed by atoms with Crippen molar-refractivity contribution in [3.63, 3.8) is 0 Å². The Bertz CT molecular complexity index is 1150. The summed E-state index contributed by atoms with van der Waals surface area (Å²) in [5, 5.41) is 10.4. The van der Waals surface area contributed by atoms with Gasteiger partial charge in [-0.05, 0) is 30.2 Å². The Morgan fingerprint density at radius 2 is 1.86 bits per heavy atom. The number of esters is 1. The van der Waals surface area contributed by atoms with Gasteiger partial charge in [0.1, 0.15) is 23.0 Å². The molecule has 1 aromatic carbocycles. The fourth-order valence-electron chi connectivity index (χ4n) is 3.74. The van der Waals surface area contributed by atoms with Crippen molar-refractivity contribution >= 4 is 17.6 Å². The smallest absolute Gasteiger partial charge is 0.342 e. The van der Waals surface area contributed by atoms with Gasteiger partial charge in [-0.2, -0.15) is 5.26 Å². The van der Waals surface area contributed by atoms with Gasteiger partial charge in [0, 0.05) is 16.1 Å². The zero-order valence-corrected chi connectivity index (χ0v) is 16.4. The van der Waals surface area contributed by atoms with Crippen LogP contribution >= 0.6 is 11.6 Å². The highest BCUT2D eigenvalue weighted by Gasteiger charge is 2.39. The summed E-state index contributed by atoms with van der Waals surface area (Å²) in [5.41, 5.74) is 9.73. The molecule has 0 fully saturated rings. The Morgan fingerprint density at radius 3 is 2.52 bits per heavy atom. The molecule has 6 heteroatoms. The van der Waals surface area contributed by atoms with Crippen LogP contribution in [0.4, 0.5) is 0 Å². The van der Waals surface area contributed by atoms with Gasteiger partial charge in [-0.15, -0.1) is 0 Å². The maximum atomic E-state index is 12.8. The number of carbonyl (C=O) groups excluding carboxylic acids is 1. The average Bonchev–Trinajstić information content (AvgIpc) is 2.84. The summed E-state index contributed by atoms with van der Waals surface area (Å²) >= 11 is 6.06. The molecule has 1 unspecified atom stereocenters. The monoisotopic (exact) mass is 404 g/mol. The molecule has 1 aliphatic heterocycles. The lowest BCUT2D eigenvalue weighted by molar-refractivity contribution is 0.0524. The molecular formula is C23H17ClN2O3. The minimum atomic E-state index is -0.493. The van der Waals surface area contributed by atoms with E-state index >= 15 is 0 Å². The number of carbonyl (C=O) groups is 1. The van der Waals surface area contributed by atoms with Gasteiger partial charge < -0.3 is 15.2 Å². The van der Waals surface area contributed by atoms with Crippen LogP contribution in [-0.4, -0.2) is 12.6 Å². The van der Waals surface area contributed by atoms with E-state index < -0.39 is 11.9 Å². The number of benzene rings is 1. The van der Waals surface area contributed by atoms with Gasteiger partial charge >= 0.3 is 5.97 Å². The van der Waals surface area contributed by atoms with Gasteiger partial charge in [0.2, 0.25) is 5.88 Å². The molecule has 0 aromatic heterocycles. The number of rotatable bonds is 3. The molecule has 0 amide bonds. The van der Waals surface area contributed by atoms with Crippen LogP contribution in [0.25, 0.3) is 11.1 Å². The first-order valence-electron chi connectivity index (χ1n) is 9.11. The minimum absolute atomic E-state index is 0.0230. The van der Waals surface area contributed by atoms with Crippen LogP contribution in [0, 0.1) is 11.3 Å². The number of hydrogen-bond acceptors (Lipinski definition) is 5. The number of allylic oxidation sites excluding steroid dienone is 1. The van der Waals surface area contributed by atoms with E-state index in [1.165, 1.54) is 0 Å². The van der Waals surface area contributed by atoms with Crippen LogP contribution in [0.1, 0.15) is 34.3 Å². The van der Waals surface area contributed by atoms with Crippen LogP contribution in [0.2, 0.25) is 5.02 Å². The van der Waals surface area contributed by atoms with Crippen LogP contribution in [-0.2, 0) is 4.74 Å². The van der Waals surface area contributed by atoms with Crippen LogP contribution < -0.4 is 10.5 Å². The van der Waals surface area contributed by atoms with Gasteiger partial charge in [-0.1, -0.05) is 54.1 Å². The van der Waals surface area contributed by atoms with E-state index in [4.69, 9.17) is 26.8 Å². The number of nitrogens with zero attached hydrogens (tertiary/aromatic N) is 1. The average molecular weight is 405 g/mol. The Kier molecular flexibility index (Phi) is 4.87.